The van der Waals surface area contributed by atoms with Crippen molar-refractivity contribution < 1.29 is 29.0 Å². The molecule has 3 heterocycles. The number of thiophene rings is 1. The summed E-state index contributed by atoms with van der Waals surface area (Å²) in [6.45, 7) is 0.528. The smallest absolute Gasteiger partial charge is 0.412 e. The van der Waals surface area contributed by atoms with Gasteiger partial charge in [-0.15, -0.1) is 11.3 Å². The average molecular weight is 554 g/mol. The highest BCUT2D eigenvalue weighted by Gasteiger charge is 2.47. The molecule has 1 fully saturated rings. The lowest BCUT2D eigenvalue weighted by Gasteiger charge is -2.45. The summed E-state index contributed by atoms with van der Waals surface area (Å²) < 4.78 is 5.81. The van der Waals surface area contributed by atoms with Gasteiger partial charge in [0.05, 0.1) is 17.1 Å². The lowest BCUT2D eigenvalue weighted by atomic mass is 9.83. The van der Waals surface area contributed by atoms with Crippen molar-refractivity contribution in [2.45, 2.75) is 30.9 Å². The van der Waals surface area contributed by atoms with E-state index in [9.17, 15) is 24.3 Å². The highest BCUT2D eigenvalue weighted by molar-refractivity contribution is 7.15. The fourth-order valence-electron chi connectivity index (χ4n) is 4.96. The molecule has 1 saturated heterocycles. The number of carbonyl (C=O) groups is 4. The summed E-state index contributed by atoms with van der Waals surface area (Å²) in [6, 6.07) is 16.3. The lowest BCUT2D eigenvalue weighted by Crippen LogP contribution is -2.57. The minimum Gasteiger partial charge on any atom is -0.477 e. The van der Waals surface area contributed by atoms with Gasteiger partial charge in [0.2, 0.25) is 5.91 Å². The van der Waals surface area contributed by atoms with Crippen LogP contribution in [0.25, 0.3) is 0 Å². The third-order valence-corrected chi connectivity index (χ3v) is 8.00. The number of carboxylic acid groups (broad SMARTS) is 1. The van der Waals surface area contributed by atoms with Crippen molar-refractivity contribution in [3.63, 3.8) is 0 Å². The molecular weight excluding hydrogens is 530 g/mol. The van der Waals surface area contributed by atoms with E-state index in [0.717, 1.165) is 16.9 Å². The Balaban J connectivity index is 1.42. The predicted molar refractivity (Wildman–Crippen MR) is 142 cm³/mol. The molecule has 38 heavy (non-hydrogen) atoms. The Morgan fingerprint density at radius 2 is 1.89 bits per heavy atom. The van der Waals surface area contributed by atoms with Crippen LogP contribution in [0.2, 0.25) is 5.02 Å². The van der Waals surface area contributed by atoms with Crippen molar-refractivity contribution in [2.24, 2.45) is 0 Å². The largest absolute Gasteiger partial charge is 0.477 e. The fourth-order valence-corrected chi connectivity index (χ4v) is 5.88. The van der Waals surface area contributed by atoms with E-state index in [1.165, 1.54) is 12.1 Å². The topological polar surface area (TPSA) is 125 Å². The van der Waals surface area contributed by atoms with Crippen molar-refractivity contribution in [1.29, 1.82) is 0 Å². The van der Waals surface area contributed by atoms with E-state index in [2.05, 4.69) is 10.6 Å². The molecule has 3 amide bonds. The Bertz CT molecular complexity index is 1410. The zero-order valence-electron chi connectivity index (χ0n) is 20.1. The number of halogens is 1. The van der Waals surface area contributed by atoms with Crippen LogP contribution in [-0.2, 0) is 21.6 Å². The van der Waals surface area contributed by atoms with E-state index >= 15 is 0 Å². The Hall–Kier alpha value is -3.89. The number of nitrogens with one attached hydrogen (secondary N) is 2. The Labute approximate surface area is 227 Å². The minimum atomic E-state index is -1.12. The van der Waals surface area contributed by atoms with Crippen LogP contribution in [-0.4, -0.2) is 53.0 Å². The summed E-state index contributed by atoms with van der Waals surface area (Å²) in [5, 5.41) is 15.2. The van der Waals surface area contributed by atoms with Gasteiger partial charge >= 0.3 is 12.1 Å². The molecule has 5 rings (SSSR count). The van der Waals surface area contributed by atoms with Gasteiger partial charge in [-0.25, -0.2) is 9.59 Å². The summed E-state index contributed by atoms with van der Waals surface area (Å²) in [5.41, 5.74) is 1.06. The van der Waals surface area contributed by atoms with Crippen LogP contribution in [0.3, 0.4) is 0 Å². The number of benzene rings is 2. The minimum absolute atomic E-state index is 0.0316. The molecule has 3 aromatic rings. The first-order chi connectivity index (χ1) is 18.2. The van der Waals surface area contributed by atoms with Crippen molar-refractivity contribution in [3.05, 3.63) is 86.6 Å². The molecule has 2 atom stereocenters. The number of carbonyl (C=O) groups excluding carboxylic acids is 3. The number of fused-ring (bicyclic) bond motifs is 2. The Morgan fingerprint density at radius 3 is 2.63 bits per heavy atom. The van der Waals surface area contributed by atoms with Gasteiger partial charge in [-0.1, -0.05) is 41.9 Å². The van der Waals surface area contributed by atoms with Gasteiger partial charge < -0.3 is 20.1 Å². The van der Waals surface area contributed by atoms with Crippen molar-refractivity contribution in [2.75, 3.05) is 18.4 Å². The van der Waals surface area contributed by atoms with Crippen molar-refractivity contribution in [3.8, 4) is 0 Å². The number of amides is 3. The summed E-state index contributed by atoms with van der Waals surface area (Å²) in [6.07, 6.45) is 0.718. The number of likely N-dealkylation sites (tertiary alicyclic amines) is 1. The monoisotopic (exact) mass is 553 g/mol. The number of rotatable bonds is 6. The van der Waals surface area contributed by atoms with E-state index in [4.69, 9.17) is 16.3 Å². The SMILES string of the molecule is O=C1Nc2ccc(Cl)cc2[C@@]2(CCCN(C(=O)[C@H](Cc3ccccc3)NC(=O)c3ccc(C(=O)O)s3)C2)O1. The van der Waals surface area contributed by atoms with E-state index < -0.39 is 29.6 Å². The molecule has 1 aromatic heterocycles. The van der Waals surface area contributed by atoms with E-state index in [1.54, 1.807) is 23.1 Å². The zero-order valence-corrected chi connectivity index (χ0v) is 21.7. The maximum absolute atomic E-state index is 13.9. The first-order valence-corrected chi connectivity index (χ1v) is 13.2. The lowest BCUT2D eigenvalue weighted by molar-refractivity contribution is -0.141. The standard InChI is InChI=1S/C27H24ClN3O6S/c28-17-7-8-19-18(14-17)27(37-26(36)30-19)11-4-12-31(15-27)24(33)20(13-16-5-2-1-3-6-16)29-23(32)21-9-10-22(38-21)25(34)35/h1-3,5-10,14,20H,4,11-13,15H2,(H,29,32)(H,30,36)(H,34,35)/t20-,27-/m0/s1. The van der Waals surface area contributed by atoms with Crippen LogP contribution in [0.5, 0.6) is 0 Å². The second-order valence-electron chi connectivity index (χ2n) is 9.25. The molecule has 11 heteroatoms. The number of aromatic carboxylic acids is 1. The molecule has 0 radical (unpaired) electrons. The maximum Gasteiger partial charge on any atom is 0.412 e. The van der Waals surface area contributed by atoms with E-state index in [0.29, 0.717) is 35.7 Å². The molecule has 3 N–H and O–H groups in total. The second kappa shape index (κ2) is 10.5. The van der Waals surface area contributed by atoms with Crippen LogP contribution < -0.4 is 10.6 Å². The van der Waals surface area contributed by atoms with Gasteiger partial charge in [0, 0.05) is 23.6 Å². The Morgan fingerprint density at radius 1 is 1.13 bits per heavy atom. The number of hydrogen-bond donors (Lipinski definition) is 3. The molecule has 2 aliphatic heterocycles. The number of anilines is 1. The van der Waals surface area contributed by atoms with E-state index in [-0.39, 0.29) is 28.6 Å². The van der Waals surface area contributed by atoms with Crippen LogP contribution in [0.4, 0.5) is 10.5 Å². The Kier molecular flexibility index (Phi) is 7.09. The van der Waals surface area contributed by atoms with Crippen LogP contribution in [0.1, 0.15) is 43.3 Å². The molecule has 0 unspecified atom stereocenters. The van der Waals surface area contributed by atoms with Crippen LogP contribution in [0.15, 0.2) is 60.7 Å². The summed E-state index contributed by atoms with van der Waals surface area (Å²) in [7, 11) is 0. The highest BCUT2D eigenvalue weighted by atomic mass is 35.5. The molecule has 0 aliphatic carbocycles. The number of hydrogen-bond acceptors (Lipinski definition) is 6. The molecule has 1 spiro atoms. The van der Waals surface area contributed by atoms with Crippen LogP contribution in [0, 0.1) is 0 Å². The highest BCUT2D eigenvalue weighted by Crippen LogP contribution is 2.43. The summed E-state index contributed by atoms with van der Waals surface area (Å²) in [5.74, 6) is -1.98. The molecule has 196 valence electrons. The number of ether oxygens (including phenoxy) is 1. The van der Waals surface area contributed by atoms with Gasteiger partial charge in [0.25, 0.3) is 5.91 Å². The first-order valence-electron chi connectivity index (χ1n) is 12.0. The molecule has 2 aromatic carbocycles. The van der Waals surface area contributed by atoms with Gasteiger partial charge in [-0.3, -0.25) is 14.9 Å². The third kappa shape index (κ3) is 5.23. The number of piperidine rings is 1. The molecular formula is C27H24ClN3O6S. The normalized spacial score (nSPS) is 19.2. The molecule has 9 nitrogen and oxygen atoms in total. The molecule has 0 bridgehead atoms. The van der Waals surface area contributed by atoms with Gasteiger partial charge in [-0.2, -0.15) is 0 Å². The van der Waals surface area contributed by atoms with Gasteiger partial charge in [0.1, 0.15) is 10.9 Å². The summed E-state index contributed by atoms with van der Waals surface area (Å²) >= 11 is 7.10. The summed E-state index contributed by atoms with van der Waals surface area (Å²) in [4.78, 5) is 52.5. The number of carboxylic acids is 1. The zero-order chi connectivity index (χ0) is 26.9. The molecule has 0 saturated carbocycles. The third-order valence-electron chi connectivity index (χ3n) is 6.69. The average Bonchev–Trinajstić information content (AvgIpc) is 3.40. The quantitative estimate of drug-likeness (QED) is 0.412. The van der Waals surface area contributed by atoms with Gasteiger partial charge in [-0.05, 0) is 48.7 Å². The first kappa shape index (κ1) is 25.7. The second-order valence-corrected chi connectivity index (χ2v) is 10.8. The van der Waals surface area contributed by atoms with Crippen LogP contribution >= 0.6 is 22.9 Å². The number of nitrogens with zero attached hydrogens (tertiary/aromatic N) is 1. The maximum atomic E-state index is 13.9. The van der Waals surface area contributed by atoms with Gasteiger partial charge in [0.15, 0.2) is 5.60 Å². The predicted octanol–water partition coefficient (Wildman–Crippen LogP) is 4.52. The molecule has 2 aliphatic rings. The van der Waals surface area contributed by atoms with Crippen molar-refractivity contribution >= 4 is 52.5 Å². The van der Waals surface area contributed by atoms with E-state index in [1.807, 2.05) is 30.3 Å². The fraction of sp³-hybridized carbons (Fsp3) is 0.259. The van der Waals surface area contributed by atoms with Crippen molar-refractivity contribution in [1.82, 2.24) is 10.2 Å².